The molecule has 2 rings (SSSR count). The van der Waals surface area contributed by atoms with Gasteiger partial charge in [-0.3, -0.25) is 0 Å². The van der Waals surface area contributed by atoms with E-state index in [1.54, 1.807) is 0 Å². The quantitative estimate of drug-likeness (QED) is 0.780. The van der Waals surface area contributed by atoms with E-state index in [0.29, 0.717) is 6.04 Å². The van der Waals surface area contributed by atoms with Crippen molar-refractivity contribution in [3.63, 3.8) is 0 Å². The molecule has 0 radical (unpaired) electrons. The summed E-state index contributed by atoms with van der Waals surface area (Å²) in [6.45, 7) is 3.19. The highest BCUT2D eigenvalue weighted by atomic mass is 14.9. The zero-order chi connectivity index (χ0) is 12.6. The molecule has 1 aliphatic carbocycles. The standard InChI is InChI=1S/C17H25N/c1-2-15-10-12-16(13-11-15)14-18-17-8-6-4-3-5-7-9-17/h6,8,10-13,17-18H,2-5,7,9,14H2,1H3/b8-6+. The van der Waals surface area contributed by atoms with E-state index in [9.17, 15) is 0 Å². The van der Waals surface area contributed by atoms with Gasteiger partial charge in [-0.15, -0.1) is 0 Å². The molecule has 0 spiro atoms. The minimum absolute atomic E-state index is 0.566. The number of benzene rings is 1. The van der Waals surface area contributed by atoms with Crippen LogP contribution in [0.4, 0.5) is 0 Å². The molecule has 0 aromatic heterocycles. The first-order valence-corrected chi connectivity index (χ1v) is 7.36. The van der Waals surface area contributed by atoms with Crippen molar-refractivity contribution in [2.75, 3.05) is 0 Å². The molecule has 0 aliphatic heterocycles. The predicted molar refractivity (Wildman–Crippen MR) is 78.7 cm³/mol. The summed E-state index contributed by atoms with van der Waals surface area (Å²) in [7, 11) is 0. The lowest BCUT2D eigenvalue weighted by atomic mass is 10.0. The molecule has 1 aromatic rings. The average molecular weight is 243 g/mol. The summed E-state index contributed by atoms with van der Waals surface area (Å²) in [5, 5.41) is 3.66. The minimum Gasteiger partial charge on any atom is -0.306 e. The van der Waals surface area contributed by atoms with Gasteiger partial charge in [-0.25, -0.2) is 0 Å². The molecule has 0 heterocycles. The summed E-state index contributed by atoms with van der Waals surface area (Å²) in [5.41, 5.74) is 2.81. The Balaban J connectivity index is 1.83. The highest BCUT2D eigenvalue weighted by Gasteiger charge is 2.06. The van der Waals surface area contributed by atoms with E-state index in [0.717, 1.165) is 13.0 Å². The van der Waals surface area contributed by atoms with E-state index in [1.165, 1.54) is 43.2 Å². The van der Waals surface area contributed by atoms with E-state index < -0.39 is 0 Å². The molecule has 0 saturated heterocycles. The Hall–Kier alpha value is -1.08. The Bertz CT molecular complexity index is 364. The third-order valence-electron chi connectivity index (χ3n) is 3.75. The summed E-state index contributed by atoms with van der Waals surface area (Å²) >= 11 is 0. The van der Waals surface area contributed by atoms with E-state index in [4.69, 9.17) is 0 Å². The van der Waals surface area contributed by atoms with Crippen molar-refractivity contribution in [2.24, 2.45) is 0 Å². The lowest BCUT2D eigenvalue weighted by molar-refractivity contribution is 0.508. The fourth-order valence-corrected chi connectivity index (χ4v) is 2.47. The Morgan fingerprint density at radius 2 is 1.83 bits per heavy atom. The first kappa shape index (κ1) is 13.4. The van der Waals surface area contributed by atoms with Crippen LogP contribution in [0.3, 0.4) is 0 Å². The largest absolute Gasteiger partial charge is 0.306 e. The molecule has 0 amide bonds. The Morgan fingerprint density at radius 3 is 2.61 bits per heavy atom. The number of hydrogen-bond acceptors (Lipinski definition) is 1. The summed E-state index contributed by atoms with van der Waals surface area (Å²) in [6.07, 6.45) is 12.5. The van der Waals surface area contributed by atoms with E-state index >= 15 is 0 Å². The van der Waals surface area contributed by atoms with Crippen LogP contribution in [0.25, 0.3) is 0 Å². The molecule has 0 fully saturated rings. The zero-order valence-electron chi connectivity index (χ0n) is 11.5. The number of rotatable bonds is 4. The first-order valence-electron chi connectivity index (χ1n) is 7.36. The van der Waals surface area contributed by atoms with E-state index in [-0.39, 0.29) is 0 Å². The van der Waals surface area contributed by atoms with Gasteiger partial charge in [0.05, 0.1) is 0 Å². The number of nitrogens with one attached hydrogen (secondary N) is 1. The van der Waals surface area contributed by atoms with Gasteiger partial charge in [-0.2, -0.15) is 0 Å². The molecule has 0 saturated carbocycles. The molecule has 98 valence electrons. The van der Waals surface area contributed by atoms with Crippen molar-refractivity contribution < 1.29 is 0 Å². The second-order valence-electron chi connectivity index (χ2n) is 5.22. The molecule has 18 heavy (non-hydrogen) atoms. The van der Waals surface area contributed by atoms with Crippen LogP contribution in [-0.4, -0.2) is 6.04 Å². The maximum absolute atomic E-state index is 3.66. The van der Waals surface area contributed by atoms with Crippen molar-refractivity contribution in [2.45, 2.75) is 58.0 Å². The molecule has 1 atom stereocenters. The van der Waals surface area contributed by atoms with Crippen LogP contribution in [0.5, 0.6) is 0 Å². The smallest absolute Gasteiger partial charge is 0.0253 e. The number of aryl methyl sites for hydroxylation is 1. The number of hydrogen-bond donors (Lipinski definition) is 1. The number of allylic oxidation sites excluding steroid dienone is 1. The third-order valence-corrected chi connectivity index (χ3v) is 3.75. The van der Waals surface area contributed by atoms with Crippen LogP contribution < -0.4 is 5.32 Å². The molecule has 1 unspecified atom stereocenters. The maximum atomic E-state index is 3.66. The Labute approximate surface area is 111 Å². The SMILES string of the molecule is CCc1ccc(CNC2/C=C/CCCCC2)cc1. The third kappa shape index (κ3) is 4.30. The molecule has 1 aromatic carbocycles. The van der Waals surface area contributed by atoms with Gasteiger partial charge in [0.2, 0.25) is 0 Å². The van der Waals surface area contributed by atoms with Gasteiger partial charge in [0.1, 0.15) is 0 Å². The average Bonchev–Trinajstić information content (AvgIpc) is 2.38. The van der Waals surface area contributed by atoms with Gasteiger partial charge in [0.15, 0.2) is 0 Å². The molecular formula is C17H25N. The predicted octanol–water partition coefficient (Wildman–Crippen LogP) is 4.23. The molecule has 1 aliphatic rings. The summed E-state index contributed by atoms with van der Waals surface area (Å²) in [5.74, 6) is 0. The van der Waals surface area contributed by atoms with Crippen molar-refractivity contribution in [1.82, 2.24) is 5.32 Å². The van der Waals surface area contributed by atoms with Crippen molar-refractivity contribution in [3.8, 4) is 0 Å². The lowest BCUT2D eigenvalue weighted by Crippen LogP contribution is -2.27. The normalized spacial score (nSPS) is 22.2. The lowest BCUT2D eigenvalue weighted by Gasteiger charge is -2.17. The van der Waals surface area contributed by atoms with Gasteiger partial charge in [0, 0.05) is 12.6 Å². The highest BCUT2D eigenvalue weighted by Crippen LogP contribution is 2.12. The van der Waals surface area contributed by atoms with Crippen LogP contribution in [0, 0.1) is 0 Å². The van der Waals surface area contributed by atoms with Gasteiger partial charge < -0.3 is 5.32 Å². The molecule has 1 heteroatoms. The van der Waals surface area contributed by atoms with Gasteiger partial charge in [-0.1, -0.05) is 56.2 Å². The first-order chi connectivity index (χ1) is 8.88. The Kier molecular flexibility index (Phi) is 5.47. The van der Waals surface area contributed by atoms with Crippen LogP contribution in [0.15, 0.2) is 36.4 Å². The van der Waals surface area contributed by atoms with Gasteiger partial charge in [-0.05, 0) is 36.8 Å². The van der Waals surface area contributed by atoms with E-state index in [1.807, 2.05) is 0 Å². The zero-order valence-corrected chi connectivity index (χ0v) is 11.5. The van der Waals surface area contributed by atoms with Crippen molar-refractivity contribution in [3.05, 3.63) is 47.5 Å². The van der Waals surface area contributed by atoms with Crippen molar-refractivity contribution >= 4 is 0 Å². The molecular weight excluding hydrogens is 218 g/mol. The maximum Gasteiger partial charge on any atom is 0.0253 e. The van der Waals surface area contributed by atoms with Gasteiger partial charge in [0.25, 0.3) is 0 Å². The van der Waals surface area contributed by atoms with Crippen LogP contribution in [0.1, 0.15) is 50.2 Å². The summed E-state index contributed by atoms with van der Waals surface area (Å²) in [4.78, 5) is 0. The van der Waals surface area contributed by atoms with Crippen LogP contribution >= 0.6 is 0 Å². The highest BCUT2D eigenvalue weighted by molar-refractivity contribution is 5.22. The fraction of sp³-hybridized carbons (Fsp3) is 0.529. The van der Waals surface area contributed by atoms with Crippen LogP contribution in [-0.2, 0) is 13.0 Å². The summed E-state index contributed by atoms with van der Waals surface area (Å²) in [6, 6.07) is 9.54. The fourth-order valence-electron chi connectivity index (χ4n) is 2.47. The minimum atomic E-state index is 0.566. The summed E-state index contributed by atoms with van der Waals surface area (Å²) < 4.78 is 0. The Morgan fingerprint density at radius 1 is 1.06 bits per heavy atom. The second-order valence-corrected chi connectivity index (χ2v) is 5.22. The molecule has 1 nitrogen and oxygen atoms in total. The monoisotopic (exact) mass is 243 g/mol. The molecule has 0 bridgehead atoms. The van der Waals surface area contributed by atoms with Crippen molar-refractivity contribution in [1.29, 1.82) is 0 Å². The second kappa shape index (κ2) is 7.38. The van der Waals surface area contributed by atoms with Gasteiger partial charge >= 0.3 is 0 Å². The van der Waals surface area contributed by atoms with Crippen LogP contribution in [0.2, 0.25) is 0 Å². The molecule has 1 N–H and O–H groups in total. The topological polar surface area (TPSA) is 12.0 Å². The van der Waals surface area contributed by atoms with E-state index in [2.05, 4.69) is 48.7 Å².